The lowest BCUT2D eigenvalue weighted by molar-refractivity contribution is -0.134. The molecule has 0 radical (unpaired) electrons. The number of hydrogen-bond acceptors (Lipinski definition) is 3. The highest BCUT2D eigenvalue weighted by Gasteiger charge is 2.24. The fourth-order valence-electron chi connectivity index (χ4n) is 2.14. The Morgan fingerprint density at radius 3 is 2.50 bits per heavy atom. The summed E-state index contributed by atoms with van der Waals surface area (Å²) in [6, 6.07) is 5.53. The smallest absolute Gasteiger partial charge is 0.251 e. The fourth-order valence-corrected chi connectivity index (χ4v) is 2.14. The molecule has 24 heavy (non-hydrogen) atoms. The number of rotatable bonds is 8. The maximum atomic E-state index is 12.8. The standard InChI is InChI=1S/C17H22FN3O3/c1-21(11-15(22)20-14-8-9-14)16(23)3-2-10-19-17(24)12-4-6-13(18)7-5-12/h4-7,14H,2-3,8-11H2,1H3,(H,19,24)(H,20,22). The molecule has 0 spiro atoms. The predicted octanol–water partition coefficient (Wildman–Crippen LogP) is 1.07. The van der Waals surface area contributed by atoms with Gasteiger partial charge in [0.15, 0.2) is 0 Å². The Hall–Kier alpha value is -2.44. The molecule has 0 aliphatic heterocycles. The van der Waals surface area contributed by atoms with Gasteiger partial charge in [-0.2, -0.15) is 0 Å². The third-order valence-electron chi connectivity index (χ3n) is 3.71. The van der Waals surface area contributed by atoms with Gasteiger partial charge in [0.2, 0.25) is 11.8 Å². The van der Waals surface area contributed by atoms with Crippen molar-refractivity contribution in [1.29, 1.82) is 0 Å². The summed E-state index contributed by atoms with van der Waals surface area (Å²) in [6.45, 7) is 0.390. The van der Waals surface area contributed by atoms with Gasteiger partial charge in [-0.25, -0.2) is 4.39 Å². The molecule has 0 bridgehead atoms. The van der Waals surface area contributed by atoms with Crippen molar-refractivity contribution < 1.29 is 18.8 Å². The van der Waals surface area contributed by atoms with E-state index in [1.807, 2.05) is 0 Å². The van der Waals surface area contributed by atoms with Gasteiger partial charge in [0.05, 0.1) is 6.54 Å². The van der Waals surface area contributed by atoms with Gasteiger partial charge in [-0.15, -0.1) is 0 Å². The Bertz CT molecular complexity index is 600. The Morgan fingerprint density at radius 2 is 1.88 bits per heavy atom. The molecule has 1 saturated carbocycles. The van der Waals surface area contributed by atoms with Gasteiger partial charge in [0.25, 0.3) is 5.91 Å². The lowest BCUT2D eigenvalue weighted by atomic mass is 10.2. The summed E-state index contributed by atoms with van der Waals surface area (Å²) in [5.74, 6) is -0.986. The summed E-state index contributed by atoms with van der Waals surface area (Å²) in [5, 5.41) is 5.50. The number of hydrogen-bond donors (Lipinski definition) is 2. The van der Waals surface area contributed by atoms with Crippen molar-refractivity contribution in [3.63, 3.8) is 0 Å². The summed E-state index contributed by atoms with van der Waals surface area (Å²) < 4.78 is 12.8. The van der Waals surface area contributed by atoms with Crippen LogP contribution in [0, 0.1) is 5.82 Å². The molecular formula is C17H22FN3O3. The fraction of sp³-hybridized carbons (Fsp3) is 0.471. The van der Waals surface area contributed by atoms with Crippen LogP contribution in [0.5, 0.6) is 0 Å². The summed E-state index contributed by atoms with van der Waals surface area (Å²) in [4.78, 5) is 36.7. The zero-order chi connectivity index (χ0) is 17.5. The first-order valence-electron chi connectivity index (χ1n) is 8.03. The van der Waals surface area contributed by atoms with E-state index in [1.165, 1.54) is 29.2 Å². The van der Waals surface area contributed by atoms with E-state index in [9.17, 15) is 18.8 Å². The number of benzene rings is 1. The SMILES string of the molecule is CN(CC(=O)NC1CC1)C(=O)CCCNC(=O)c1ccc(F)cc1. The maximum Gasteiger partial charge on any atom is 0.251 e. The Kier molecular flexibility index (Phi) is 6.28. The van der Waals surface area contributed by atoms with Gasteiger partial charge in [0, 0.05) is 31.6 Å². The van der Waals surface area contributed by atoms with Crippen molar-refractivity contribution in [1.82, 2.24) is 15.5 Å². The number of carbonyl (C=O) groups is 3. The second-order valence-electron chi connectivity index (χ2n) is 5.96. The molecule has 0 unspecified atom stereocenters. The van der Waals surface area contributed by atoms with Gasteiger partial charge < -0.3 is 15.5 Å². The van der Waals surface area contributed by atoms with Crippen LogP contribution in [-0.4, -0.2) is 48.8 Å². The lowest BCUT2D eigenvalue weighted by Crippen LogP contribution is -2.39. The van der Waals surface area contributed by atoms with Crippen LogP contribution in [0.2, 0.25) is 0 Å². The molecule has 6 nitrogen and oxygen atoms in total. The molecule has 1 aromatic rings. The second-order valence-corrected chi connectivity index (χ2v) is 5.96. The zero-order valence-corrected chi connectivity index (χ0v) is 13.7. The molecule has 1 aliphatic rings. The topological polar surface area (TPSA) is 78.5 Å². The van der Waals surface area contributed by atoms with Crippen molar-refractivity contribution in [2.45, 2.75) is 31.7 Å². The predicted molar refractivity (Wildman–Crippen MR) is 86.8 cm³/mol. The molecule has 7 heteroatoms. The van der Waals surface area contributed by atoms with Crippen molar-refractivity contribution in [2.24, 2.45) is 0 Å². The van der Waals surface area contributed by atoms with Crippen molar-refractivity contribution in [2.75, 3.05) is 20.1 Å². The summed E-state index contributed by atoms with van der Waals surface area (Å²) in [5.41, 5.74) is 0.372. The molecule has 1 aromatic carbocycles. The average molecular weight is 335 g/mol. The number of carbonyl (C=O) groups excluding carboxylic acids is 3. The molecule has 0 aromatic heterocycles. The van der Waals surface area contributed by atoms with E-state index >= 15 is 0 Å². The second kappa shape index (κ2) is 8.42. The minimum atomic E-state index is -0.397. The van der Waals surface area contributed by atoms with Crippen LogP contribution in [0.4, 0.5) is 4.39 Å². The number of nitrogens with one attached hydrogen (secondary N) is 2. The molecule has 1 aliphatic carbocycles. The molecular weight excluding hydrogens is 313 g/mol. The highest BCUT2D eigenvalue weighted by molar-refractivity contribution is 5.94. The molecule has 130 valence electrons. The van der Waals surface area contributed by atoms with Crippen LogP contribution >= 0.6 is 0 Å². The monoisotopic (exact) mass is 335 g/mol. The van der Waals surface area contributed by atoms with E-state index < -0.39 is 5.82 Å². The largest absolute Gasteiger partial charge is 0.352 e. The van der Waals surface area contributed by atoms with Crippen LogP contribution in [0.25, 0.3) is 0 Å². The first-order chi connectivity index (χ1) is 11.5. The average Bonchev–Trinajstić information content (AvgIpc) is 3.35. The van der Waals surface area contributed by atoms with E-state index in [-0.39, 0.29) is 36.7 Å². The molecule has 2 rings (SSSR count). The molecule has 2 N–H and O–H groups in total. The third kappa shape index (κ3) is 5.98. The quantitative estimate of drug-likeness (QED) is 0.698. The number of nitrogens with zero attached hydrogens (tertiary/aromatic N) is 1. The highest BCUT2D eigenvalue weighted by Crippen LogP contribution is 2.18. The Labute approximate surface area is 140 Å². The molecule has 0 saturated heterocycles. The van der Waals surface area contributed by atoms with Crippen LogP contribution in [-0.2, 0) is 9.59 Å². The lowest BCUT2D eigenvalue weighted by Gasteiger charge is -2.16. The van der Waals surface area contributed by atoms with Crippen LogP contribution in [0.3, 0.4) is 0 Å². The molecule has 0 heterocycles. The summed E-state index contributed by atoms with van der Waals surface area (Å²) in [6.07, 6.45) is 2.74. The van der Waals surface area contributed by atoms with Gasteiger partial charge in [-0.05, 0) is 43.5 Å². The number of likely N-dealkylation sites (N-methyl/N-ethyl adjacent to an activating group) is 1. The van der Waals surface area contributed by atoms with Crippen LogP contribution in [0.1, 0.15) is 36.0 Å². The summed E-state index contributed by atoms with van der Waals surface area (Å²) >= 11 is 0. The van der Waals surface area contributed by atoms with E-state index in [4.69, 9.17) is 0 Å². The minimum Gasteiger partial charge on any atom is -0.352 e. The molecule has 1 fully saturated rings. The van der Waals surface area contributed by atoms with Crippen LogP contribution < -0.4 is 10.6 Å². The van der Waals surface area contributed by atoms with Gasteiger partial charge in [-0.3, -0.25) is 14.4 Å². The van der Waals surface area contributed by atoms with E-state index in [2.05, 4.69) is 10.6 Å². The normalized spacial score (nSPS) is 13.2. The summed E-state index contributed by atoms with van der Waals surface area (Å²) in [7, 11) is 1.59. The Morgan fingerprint density at radius 1 is 1.21 bits per heavy atom. The van der Waals surface area contributed by atoms with Gasteiger partial charge >= 0.3 is 0 Å². The first kappa shape index (κ1) is 17.9. The van der Waals surface area contributed by atoms with Crippen molar-refractivity contribution in [3.8, 4) is 0 Å². The zero-order valence-electron chi connectivity index (χ0n) is 13.7. The van der Waals surface area contributed by atoms with Crippen molar-refractivity contribution >= 4 is 17.7 Å². The van der Waals surface area contributed by atoms with Gasteiger partial charge in [-0.1, -0.05) is 0 Å². The van der Waals surface area contributed by atoms with E-state index in [1.54, 1.807) is 7.05 Å². The number of amides is 3. The van der Waals surface area contributed by atoms with E-state index in [0.717, 1.165) is 12.8 Å². The van der Waals surface area contributed by atoms with Gasteiger partial charge in [0.1, 0.15) is 5.82 Å². The van der Waals surface area contributed by atoms with Crippen molar-refractivity contribution in [3.05, 3.63) is 35.6 Å². The Balaban J connectivity index is 1.61. The molecule has 3 amide bonds. The third-order valence-corrected chi connectivity index (χ3v) is 3.71. The van der Waals surface area contributed by atoms with Crippen LogP contribution in [0.15, 0.2) is 24.3 Å². The maximum absolute atomic E-state index is 12.8. The number of halogens is 1. The molecule has 0 atom stereocenters. The first-order valence-corrected chi connectivity index (χ1v) is 8.03. The minimum absolute atomic E-state index is 0.0528. The highest BCUT2D eigenvalue weighted by atomic mass is 19.1. The van der Waals surface area contributed by atoms with E-state index in [0.29, 0.717) is 18.5 Å².